The van der Waals surface area contributed by atoms with Gasteiger partial charge < -0.3 is 9.67 Å². The molecule has 1 unspecified atom stereocenters. The Bertz CT molecular complexity index is 646. The Morgan fingerprint density at radius 3 is 2.75 bits per heavy atom. The van der Waals surface area contributed by atoms with Crippen molar-refractivity contribution in [1.29, 1.82) is 0 Å². The molecule has 0 saturated carbocycles. The molecule has 0 amide bonds. The van der Waals surface area contributed by atoms with E-state index in [0.717, 1.165) is 40.2 Å². The summed E-state index contributed by atoms with van der Waals surface area (Å²) >= 11 is 3.31. The van der Waals surface area contributed by atoms with Crippen LogP contribution < -0.4 is 0 Å². The summed E-state index contributed by atoms with van der Waals surface area (Å²) in [6.07, 6.45) is 4.80. The third kappa shape index (κ3) is 2.29. The Morgan fingerprint density at radius 1 is 1.35 bits per heavy atom. The summed E-state index contributed by atoms with van der Waals surface area (Å²) < 4.78 is 2.83. The molecule has 0 spiro atoms. The zero-order valence-electron chi connectivity index (χ0n) is 11.9. The fraction of sp³-hybridized carbons (Fsp3) is 0.467. The highest BCUT2D eigenvalue weighted by Crippen LogP contribution is 2.42. The minimum absolute atomic E-state index is 0.0950. The normalized spacial score (nSPS) is 20.8. The summed E-state index contributed by atoms with van der Waals surface area (Å²) in [7, 11) is 0. The van der Waals surface area contributed by atoms with Gasteiger partial charge in [-0.1, -0.05) is 13.8 Å². The van der Waals surface area contributed by atoms with Crippen LogP contribution in [0, 0.1) is 12.3 Å². The molecular formula is C15H18BrN3O. The number of aliphatic hydroxyl groups excluding tert-OH is 1. The maximum Gasteiger partial charge on any atom is 0.155 e. The van der Waals surface area contributed by atoms with Gasteiger partial charge in [0.1, 0.15) is 4.60 Å². The number of aryl methyl sites for hydroxylation is 1. The van der Waals surface area contributed by atoms with Gasteiger partial charge in [-0.15, -0.1) is 0 Å². The predicted octanol–water partition coefficient (Wildman–Crippen LogP) is 3.34. The summed E-state index contributed by atoms with van der Waals surface area (Å²) in [5, 5.41) is 10.4. The van der Waals surface area contributed by atoms with Gasteiger partial charge >= 0.3 is 0 Å². The molecule has 0 aromatic carbocycles. The summed E-state index contributed by atoms with van der Waals surface area (Å²) in [5.74, 6) is 0.803. The van der Waals surface area contributed by atoms with Gasteiger partial charge in [-0.3, -0.25) is 0 Å². The molecule has 0 aliphatic heterocycles. The van der Waals surface area contributed by atoms with Crippen LogP contribution in [0.5, 0.6) is 0 Å². The molecule has 1 aliphatic rings. The first-order valence-electron chi connectivity index (χ1n) is 6.74. The molecule has 1 N–H and O–H groups in total. The molecule has 1 aliphatic carbocycles. The minimum atomic E-state index is -0.392. The number of aliphatic hydroxyl groups is 1. The number of fused-ring (bicyclic) bond motifs is 1. The van der Waals surface area contributed by atoms with Crippen LogP contribution in [0.4, 0.5) is 0 Å². The average Bonchev–Trinajstić information content (AvgIpc) is 2.66. The zero-order chi connectivity index (χ0) is 14.5. The van der Waals surface area contributed by atoms with Crippen LogP contribution in [0.2, 0.25) is 0 Å². The van der Waals surface area contributed by atoms with E-state index in [1.165, 1.54) is 0 Å². The predicted molar refractivity (Wildman–Crippen MR) is 80.9 cm³/mol. The van der Waals surface area contributed by atoms with E-state index < -0.39 is 6.10 Å². The third-order valence-corrected chi connectivity index (χ3v) is 4.32. The first-order valence-corrected chi connectivity index (χ1v) is 7.54. The molecule has 20 heavy (non-hydrogen) atoms. The molecule has 3 rings (SSSR count). The number of nitrogens with zero attached hydrogens (tertiary/aromatic N) is 3. The monoisotopic (exact) mass is 335 g/mol. The van der Waals surface area contributed by atoms with E-state index in [1.54, 1.807) is 12.4 Å². The molecule has 2 aromatic heterocycles. The molecular weight excluding hydrogens is 318 g/mol. The second-order valence-electron chi connectivity index (χ2n) is 6.28. The van der Waals surface area contributed by atoms with Crippen molar-refractivity contribution in [2.45, 2.75) is 39.7 Å². The lowest BCUT2D eigenvalue weighted by Crippen LogP contribution is -2.26. The van der Waals surface area contributed by atoms with E-state index >= 15 is 0 Å². The van der Waals surface area contributed by atoms with Crippen molar-refractivity contribution in [3.05, 3.63) is 40.0 Å². The fourth-order valence-electron chi connectivity index (χ4n) is 3.08. The van der Waals surface area contributed by atoms with Crippen molar-refractivity contribution in [1.82, 2.24) is 14.5 Å². The van der Waals surface area contributed by atoms with Gasteiger partial charge in [-0.2, -0.15) is 0 Å². The van der Waals surface area contributed by atoms with Gasteiger partial charge in [0.2, 0.25) is 0 Å². The lowest BCUT2D eigenvalue weighted by Gasteiger charge is -2.33. The smallest absolute Gasteiger partial charge is 0.155 e. The van der Waals surface area contributed by atoms with E-state index in [-0.39, 0.29) is 5.41 Å². The molecule has 0 saturated heterocycles. The Morgan fingerprint density at radius 2 is 2.10 bits per heavy atom. The number of hydrogen-bond donors (Lipinski definition) is 1. The largest absolute Gasteiger partial charge is 0.388 e. The first-order chi connectivity index (χ1) is 9.37. The van der Waals surface area contributed by atoms with Crippen molar-refractivity contribution >= 4 is 15.9 Å². The number of rotatable bonds is 1. The molecule has 106 valence electrons. The van der Waals surface area contributed by atoms with E-state index in [9.17, 15) is 5.11 Å². The van der Waals surface area contributed by atoms with Crippen molar-refractivity contribution in [2.24, 2.45) is 5.41 Å². The van der Waals surface area contributed by atoms with Crippen molar-refractivity contribution in [2.75, 3.05) is 0 Å². The summed E-state index contributed by atoms with van der Waals surface area (Å²) in [6, 6.07) is 2.07. The molecule has 0 fully saturated rings. The second kappa shape index (κ2) is 4.67. The Balaban J connectivity index is 2.16. The second-order valence-corrected chi connectivity index (χ2v) is 7.09. The Kier molecular flexibility index (Phi) is 3.21. The highest BCUT2D eigenvalue weighted by Gasteiger charge is 2.34. The van der Waals surface area contributed by atoms with Crippen LogP contribution in [0.3, 0.4) is 0 Å². The van der Waals surface area contributed by atoms with Gasteiger partial charge in [0.25, 0.3) is 0 Å². The molecule has 4 nitrogen and oxygen atoms in total. The number of halogens is 1. The molecule has 0 bridgehead atoms. The van der Waals surface area contributed by atoms with Gasteiger partial charge in [-0.05, 0) is 47.2 Å². The SMILES string of the molecule is Cc1cc2c(n1-c1cnc(Br)cn1)CC(C)(C)CC2O. The maximum absolute atomic E-state index is 10.4. The Hall–Kier alpha value is -1.20. The van der Waals surface area contributed by atoms with Crippen LogP contribution >= 0.6 is 15.9 Å². The molecule has 2 heterocycles. The van der Waals surface area contributed by atoms with E-state index in [1.807, 2.05) is 6.92 Å². The van der Waals surface area contributed by atoms with Gasteiger partial charge in [0.15, 0.2) is 5.82 Å². The zero-order valence-corrected chi connectivity index (χ0v) is 13.5. The quantitative estimate of drug-likeness (QED) is 0.869. The number of hydrogen-bond acceptors (Lipinski definition) is 3. The van der Waals surface area contributed by atoms with Crippen molar-refractivity contribution in [3.63, 3.8) is 0 Å². The summed E-state index contributed by atoms with van der Waals surface area (Å²) in [6.45, 7) is 6.43. The van der Waals surface area contributed by atoms with Crippen LogP contribution in [-0.4, -0.2) is 19.6 Å². The standard InChI is InChI=1S/C15H18BrN3O/c1-9-4-10-11(5-15(2,3)6-12(10)20)19(9)14-8-17-13(16)7-18-14/h4,7-8,12,20H,5-6H2,1-3H3. The highest BCUT2D eigenvalue weighted by molar-refractivity contribution is 9.10. The highest BCUT2D eigenvalue weighted by atomic mass is 79.9. The lowest BCUT2D eigenvalue weighted by molar-refractivity contribution is 0.0986. The molecule has 0 radical (unpaired) electrons. The maximum atomic E-state index is 10.4. The van der Waals surface area contributed by atoms with Crippen molar-refractivity contribution in [3.8, 4) is 5.82 Å². The van der Waals surface area contributed by atoms with E-state index in [4.69, 9.17) is 0 Å². The Labute approximate surface area is 127 Å². The van der Waals surface area contributed by atoms with Gasteiger partial charge in [0, 0.05) is 17.0 Å². The molecule has 1 atom stereocenters. The van der Waals surface area contributed by atoms with Crippen LogP contribution in [-0.2, 0) is 6.42 Å². The molecule has 5 heteroatoms. The van der Waals surface area contributed by atoms with Gasteiger partial charge in [0.05, 0.1) is 18.5 Å². The van der Waals surface area contributed by atoms with E-state index in [2.05, 4.69) is 50.4 Å². The number of aromatic nitrogens is 3. The van der Waals surface area contributed by atoms with Crippen molar-refractivity contribution < 1.29 is 5.11 Å². The fourth-order valence-corrected chi connectivity index (χ4v) is 3.29. The summed E-state index contributed by atoms with van der Waals surface area (Å²) in [4.78, 5) is 8.69. The third-order valence-electron chi connectivity index (χ3n) is 3.91. The topological polar surface area (TPSA) is 50.9 Å². The van der Waals surface area contributed by atoms with Crippen LogP contribution in [0.25, 0.3) is 5.82 Å². The average molecular weight is 336 g/mol. The van der Waals surface area contributed by atoms with Crippen LogP contribution in [0.15, 0.2) is 23.1 Å². The minimum Gasteiger partial charge on any atom is -0.388 e. The van der Waals surface area contributed by atoms with Gasteiger partial charge in [-0.25, -0.2) is 9.97 Å². The first kappa shape index (κ1) is 13.8. The van der Waals surface area contributed by atoms with Crippen LogP contribution in [0.1, 0.15) is 43.3 Å². The summed E-state index contributed by atoms with van der Waals surface area (Å²) in [5.41, 5.74) is 3.37. The molecule has 2 aromatic rings. The lowest BCUT2D eigenvalue weighted by atomic mass is 9.75. The van der Waals surface area contributed by atoms with E-state index in [0.29, 0.717) is 0 Å².